The molecule has 4 aromatic rings. The lowest BCUT2D eigenvalue weighted by Crippen LogP contribution is -2.25. The molecule has 0 aliphatic heterocycles. The number of aromatic nitrogens is 4. The second-order valence-corrected chi connectivity index (χ2v) is 5.22. The number of carbonyl (C=O) groups excluding carboxylic acids is 2. The van der Waals surface area contributed by atoms with E-state index in [1.807, 2.05) is 0 Å². The summed E-state index contributed by atoms with van der Waals surface area (Å²) in [5, 5.41) is 0. The van der Waals surface area contributed by atoms with Gasteiger partial charge in [0.1, 0.15) is 0 Å². The van der Waals surface area contributed by atoms with Gasteiger partial charge in [0, 0.05) is 0 Å². The van der Waals surface area contributed by atoms with Gasteiger partial charge in [-0.2, -0.15) is 4.98 Å². The van der Waals surface area contributed by atoms with Crippen LogP contribution in [-0.4, -0.2) is 31.2 Å². The number of benzene rings is 2. The molecule has 4 rings (SSSR count). The molecule has 9 nitrogen and oxygen atoms in total. The van der Waals surface area contributed by atoms with Crippen LogP contribution < -0.4 is 16.2 Å². The fourth-order valence-electron chi connectivity index (χ4n) is 2.65. The average Bonchev–Trinajstić information content (AvgIpc) is 3.10. The summed E-state index contributed by atoms with van der Waals surface area (Å²) in [4.78, 5) is 32.6. The van der Waals surface area contributed by atoms with Crippen molar-refractivity contribution in [1.82, 2.24) is 19.1 Å². The Morgan fingerprint density at radius 2 is 1.44 bits per heavy atom. The van der Waals surface area contributed by atoms with Gasteiger partial charge in [-0.05, 0) is 24.3 Å². The standard InChI is InChI=1S/C16H12N6O3/c17-13-19-9-5-1-3-7-11(9)21(13)16(24)25-15-20-10-6-2-4-8-12(10)22(15)14(18)23/h1-8H,(H2,17,19)(H2,18,23). The highest BCUT2D eigenvalue weighted by molar-refractivity contribution is 5.93. The van der Waals surface area contributed by atoms with Crippen LogP contribution >= 0.6 is 0 Å². The molecule has 0 radical (unpaired) electrons. The molecule has 124 valence electrons. The Kier molecular flexibility index (Phi) is 3.14. The van der Waals surface area contributed by atoms with E-state index in [-0.39, 0.29) is 12.0 Å². The molecule has 1 amide bonds. The zero-order valence-corrected chi connectivity index (χ0v) is 12.8. The Balaban J connectivity index is 1.81. The maximum atomic E-state index is 12.6. The number of amides is 1. The molecule has 0 unspecified atom stereocenters. The lowest BCUT2D eigenvalue weighted by molar-refractivity contribution is 0.198. The van der Waals surface area contributed by atoms with Crippen molar-refractivity contribution >= 4 is 40.1 Å². The van der Waals surface area contributed by atoms with Crippen LogP contribution in [-0.2, 0) is 0 Å². The van der Waals surface area contributed by atoms with Gasteiger partial charge in [-0.25, -0.2) is 23.7 Å². The van der Waals surface area contributed by atoms with Gasteiger partial charge in [0.05, 0.1) is 22.1 Å². The Bertz CT molecular complexity index is 1140. The van der Waals surface area contributed by atoms with E-state index in [1.165, 1.54) is 0 Å². The van der Waals surface area contributed by atoms with Crippen molar-refractivity contribution < 1.29 is 14.3 Å². The average molecular weight is 336 g/mol. The summed E-state index contributed by atoms with van der Waals surface area (Å²) in [7, 11) is 0. The lowest BCUT2D eigenvalue weighted by atomic mass is 10.3. The Labute approximate surface area is 140 Å². The minimum absolute atomic E-state index is 0.0343. The summed E-state index contributed by atoms with van der Waals surface area (Å²) in [6.07, 6.45) is -0.844. The summed E-state index contributed by atoms with van der Waals surface area (Å²) in [5.74, 6) is -0.0343. The molecule has 4 N–H and O–H groups in total. The van der Waals surface area contributed by atoms with E-state index in [9.17, 15) is 9.59 Å². The zero-order chi connectivity index (χ0) is 17.6. The number of nitrogens with two attached hydrogens (primary N) is 2. The van der Waals surface area contributed by atoms with Gasteiger partial charge in [0.15, 0.2) is 0 Å². The van der Waals surface area contributed by atoms with Crippen molar-refractivity contribution in [3.05, 3.63) is 48.5 Å². The molecular formula is C16H12N6O3. The van der Waals surface area contributed by atoms with Crippen LogP contribution in [0.15, 0.2) is 48.5 Å². The van der Waals surface area contributed by atoms with E-state index in [1.54, 1.807) is 48.5 Å². The van der Waals surface area contributed by atoms with Crippen LogP contribution in [0, 0.1) is 0 Å². The van der Waals surface area contributed by atoms with Gasteiger partial charge in [-0.3, -0.25) is 0 Å². The third kappa shape index (κ3) is 2.26. The van der Waals surface area contributed by atoms with E-state index in [2.05, 4.69) is 9.97 Å². The third-order valence-electron chi connectivity index (χ3n) is 3.70. The largest absolute Gasteiger partial charge is 0.429 e. The minimum atomic E-state index is -0.844. The summed E-state index contributed by atoms with van der Waals surface area (Å²) in [6, 6.07) is 12.6. The summed E-state index contributed by atoms with van der Waals surface area (Å²) < 4.78 is 7.39. The number of rotatable bonds is 1. The molecule has 0 aliphatic rings. The topological polar surface area (TPSA) is 131 Å². The number of imidazole rings is 2. The van der Waals surface area contributed by atoms with Gasteiger partial charge in [-0.1, -0.05) is 24.3 Å². The highest BCUT2D eigenvalue weighted by Crippen LogP contribution is 2.23. The molecule has 0 bridgehead atoms. The summed E-state index contributed by atoms with van der Waals surface area (Å²) in [5.41, 5.74) is 13.1. The van der Waals surface area contributed by atoms with Gasteiger partial charge in [0.2, 0.25) is 5.95 Å². The first-order chi connectivity index (χ1) is 12.1. The maximum absolute atomic E-state index is 12.6. The van der Waals surface area contributed by atoms with Crippen molar-refractivity contribution in [3.63, 3.8) is 0 Å². The van der Waals surface area contributed by atoms with Crippen LogP contribution in [0.25, 0.3) is 22.1 Å². The second-order valence-electron chi connectivity index (χ2n) is 5.22. The first-order valence-electron chi connectivity index (χ1n) is 7.28. The number of hydrogen-bond acceptors (Lipinski definition) is 6. The predicted octanol–water partition coefficient (Wildman–Crippen LogP) is 1.94. The van der Waals surface area contributed by atoms with Crippen molar-refractivity contribution in [2.45, 2.75) is 0 Å². The molecule has 0 spiro atoms. The van der Waals surface area contributed by atoms with Gasteiger partial charge in [-0.15, -0.1) is 0 Å². The molecule has 2 heterocycles. The first-order valence-corrected chi connectivity index (χ1v) is 7.28. The number of primary amides is 1. The highest BCUT2D eigenvalue weighted by atomic mass is 16.6. The number of anilines is 1. The molecule has 0 saturated carbocycles. The van der Waals surface area contributed by atoms with Crippen LogP contribution in [0.2, 0.25) is 0 Å². The number of nitrogen functional groups attached to an aromatic ring is 1. The number of para-hydroxylation sites is 4. The van der Waals surface area contributed by atoms with Gasteiger partial charge >= 0.3 is 18.1 Å². The quantitative estimate of drug-likeness (QED) is 0.546. The monoisotopic (exact) mass is 336 g/mol. The van der Waals surface area contributed by atoms with Gasteiger partial charge in [0.25, 0.3) is 0 Å². The molecule has 0 aliphatic carbocycles. The molecule has 0 atom stereocenters. The van der Waals surface area contributed by atoms with Crippen molar-refractivity contribution in [2.75, 3.05) is 5.73 Å². The molecule has 2 aromatic carbocycles. The second kappa shape index (κ2) is 5.34. The number of ether oxygens (including phenoxy) is 1. The van der Waals surface area contributed by atoms with E-state index in [4.69, 9.17) is 16.2 Å². The number of nitrogens with zero attached hydrogens (tertiary/aromatic N) is 4. The molecule has 0 fully saturated rings. The Morgan fingerprint density at radius 3 is 2.08 bits per heavy atom. The maximum Gasteiger partial charge on any atom is 0.429 e. The van der Waals surface area contributed by atoms with Crippen LogP contribution in [0.5, 0.6) is 6.01 Å². The summed E-state index contributed by atoms with van der Waals surface area (Å²) in [6.45, 7) is 0. The van der Waals surface area contributed by atoms with Crippen LogP contribution in [0.4, 0.5) is 15.5 Å². The van der Waals surface area contributed by atoms with Crippen molar-refractivity contribution in [2.24, 2.45) is 5.73 Å². The van der Waals surface area contributed by atoms with E-state index >= 15 is 0 Å². The summed E-state index contributed by atoms with van der Waals surface area (Å²) >= 11 is 0. The van der Waals surface area contributed by atoms with Crippen molar-refractivity contribution in [1.29, 1.82) is 0 Å². The molecule has 9 heteroatoms. The number of carbonyl (C=O) groups is 2. The van der Waals surface area contributed by atoms with Crippen LogP contribution in [0.3, 0.4) is 0 Å². The molecular weight excluding hydrogens is 324 g/mol. The fraction of sp³-hybridized carbons (Fsp3) is 0. The fourth-order valence-corrected chi connectivity index (χ4v) is 2.65. The third-order valence-corrected chi connectivity index (χ3v) is 3.70. The number of hydrogen-bond donors (Lipinski definition) is 2. The first kappa shape index (κ1) is 14.7. The normalized spacial score (nSPS) is 11.0. The minimum Gasteiger partial charge on any atom is -0.374 e. The Hall–Kier alpha value is -3.88. The molecule has 2 aromatic heterocycles. The van der Waals surface area contributed by atoms with Gasteiger partial charge < -0.3 is 16.2 Å². The van der Waals surface area contributed by atoms with Crippen LogP contribution in [0.1, 0.15) is 0 Å². The lowest BCUT2D eigenvalue weighted by Gasteiger charge is -2.07. The highest BCUT2D eigenvalue weighted by Gasteiger charge is 2.22. The van der Waals surface area contributed by atoms with E-state index in [0.717, 1.165) is 9.13 Å². The number of fused-ring (bicyclic) bond motifs is 2. The van der Waals surface area contributed by atoms with E-state index < -0.39 is 12.1 Å². The zero-order valence-electron chi connectivity index (χ0n) is 12.8. The predicted molar refractivity (Wildman–Crippen MR) is 90.3 cm³/mol. The SMILES string of the molecule is NC(=O)n1c(OC(=O)n2c(N)nc3ccccc32)nc2ccccc21. The molecule has 0 saturated heterocycles. The smallest absolute Gasteiger partial charge is 0.374 e. The van der Waals surface area contributed by atoms with Crippen molar-refractivity contribution in [3.8, 4) is 6.01 Å². The Morgan fingerprint density at radius 1 is 0.880 bits per heavy atom. The van der Waals surface area contributed by atoms with E-state index in [0.29, 0.717) is 22.1 Å². The molecule has 25 heavy (non-hydrogen) atoms.